The third-order valence-electron chi connectivity index (χ3n) is 4.49. The van der Waals surface area contributed by atoms with Crippen molar-refractivity contribution in [3.63, 3.8) is 0 Å². The van der Waals surface area contributed by atoms with Crippen molar-refractivity contribution in [2.45, 2.75) is 77.2 Å². The van der Waals surface area contributed by atoms with Crippen LogP contribution < -0.4 is 10.1 Å². The molecule has 1 fully saturated rings. The van der Waals surface area contributed by atoms with E-state index in [9.17, 15) is 14.4 Å². The van der Waals surface area contributed by atoms with Gasteiger partial charge < -0.3 is 24.3 Å². The minimum Gasteiger partial charge on any atom is -0.497 e. The van der Waals surface area contributed by atoms with Crippen molar-refractivity contribution in [1.29, 1.82) is 0 Å². The molecule has 0 aliphatic heterocycles. The summed E-state index contributed by atoms with van der Waals surface area (Å²) < 4.78 is 21.0. The van der Waals surface area contributed by atoms with Gasteiger partial charge in [0.25, 0.3) is 0 Å². The molecule has 0 saturated heterocycles. The van der Waals surface area contributed by atoms with Gasteiger partial charge in [-0.3, -0.25) is 4.79 Å². The number of esters is 2. The van der Waals surface area contributed by atoms with Crippen LogP contribution in [0.3, 0.4) is 0 Å². The molecular weight excluding hydrogens is 390 g/mol. The van der Waals surface area contributed by atoms with Gasteiger partial charge in [0, 0.05) is 0 Å². The van der Waals surface area contributed by atoms with Gasteiger partial charge in [-0.05, 0) is 64.2 Å². The largest absolute Gasteiger partial charge is 0.497 e. The van der Waals surface area contributed by atoms with Crippen LogP contribution in [0.1, 0.15) is 58.4 Å². The maximum Gasteiger partial charge on any atom is 0.408 e. The van der Waals surface area contributed by atoms with Gasteiger partial charge in [-0.2, -0.15) is 0 Å². The molecule has 8 nitrogen and oxygen atoms in total. The van der Waals surface area contributed by atoms with Crippen LogP contribution in [0.4, 0.5) is 4.79 Å². The van der Waals surface area contributed by atoms with Crippen molar-refractivity contribution in [2.24, 2.45) is 0 Å². The number of carbonyl (C=O) groups is 3. The number of alkyl carbamates (subject to hydrolysis) is 1. The number of rotatable bonds is 8. The SMILES string of the molecule is COc1ccc(COC(=O)[C@H](CC(=O)OC2CCCC2)NC(=O)OC(C)(C)C)cc1. The molecule has 2 rings (SSSR count). The van der Waals surface area contributed by atoms with Crippen molar-refractivity contribution < 1.29 is 33.3 Å². The Balaban J connectivity index is 1.97. The molecule has 0 aromatic heterocycles. The average molecular weight is 421 g/mol. The molecule has 0 bridgehead atoms. The molecule has 166 valence electrons. The summed E-state index contributed by atoms with van der Waals surface area (Å²) in [5.74, 6) is -0.603. The molecule has 0 unspecified atom stereocenters. The lowest BCUT2D eigenvalue weighted by Gasteiger charge is -2.23. The Morgan fingerprint density at radius 2 is 1.73 bits per heavy atom. The van der Waals surface area contributed by atoms with Gasteiger partial charge in [0.05, 0.1) is 13.5 Å². The molecule has 30 heavy (non-hydrogen) atoms. The Hall–Kier alpha value is -2.77. The van der Waals surface area contributed by atoms with E-state index in [1.807, 2.05) is 0 Å². The molecular formula is C22H31NO7. The van der Waals surface area contributed by atoms with E-state index in [-0.39, 0.29) is 19.1 Å². The fraction of sp³-hybridized carbons (Fsp3) is 0.591. The van der Waals surface area contributed by atoms with Gasteiger partial charge in [0.2, 0.25) is 0 Å². The zero-order valence-corrected chi connectivity index (χ0v) is 18.1. The molecule has 0 heterocycles. The molecule has 1 aromatic rings. The van der Waals surface area contributed by atoms with Gasteiger partial charge in [0.1, 0.15) is 30.1 Å². The molecule has 8 heteroatoms. The minimum atomic E-state index is -1.20. The molecule has 1 aromatic carbocycles. The fourth-order valence-corrected chi connectivity index (χ4v) is 3.03. The summed E-state index contributed by atoms with van der Waals surface area (Å²) in [5.41, 5.74) is 0.000108. The second kappa shape index (κ2) is 10.8. The predicted octanol–water partition coefficient (Wildman–Crippen LogP) is 3.51. The number of amides is 1. The molecule has 1 saturated carbocycles. The highest BCUT2D eigenvalue weighted by Crippen LogP contribution is 2.21. The summed E-state index contributed by atoms with van der Waals surface area (Å²) in [7, 11) is 1.56. The van der Waals surface area contributed by atoms with Crippen molar-refractivity contribution in [2.75, 3.05) is 7.11 Å². The molecule has 0 radical (unpaired) electrons. The van der Waals surface area contributed by atoms with E-state index in [4.69, 9.17) is 18.9 Å². The number of methoxy groups -OCH3 is 1. The van der Waals surface area contributed by atoms with E-state index in [1.54, 1.807) is 52.1 Å². The van der Waals surface area contributed by atoms with Crippen molar-refractivity contribution in [1.82, 2.24) is 5.32 Å². The quantitative estimate of drug-likeness (QED) is 0.506. The van der Waals surface area contributed by atoms with Crippen LogP contribution in [0, 0.1) is 0 Å². The highest BCUT2D eigenvalue weighted by molar-refractivity contribution is 5.86. The van der Waals surface area contributed by atoms with Crippen LogP contribution in [0.2, 0.25) is 0 Å². The maximum atomic E-state index is 12.6. The Morgan fingerprint density at radius 1 is 1.10 bits per heavy atom. The second-order valence-corrected chi connectivity index (χ2v) is 8.26. The first kappa shape index (κ1) is 23.5. The lowest BCUT2D eigenvalue weighted by Crippen LogP contribution is -2.45. The van der Waals surface area contributed by atoms with Crippen LogP contribution in [0.15, 0.2) is 24.3 Å². The summed E-state index contributed by atoms with van der Waals surface area (Å²) in [6, 6.07) is 5.82. The van der Waals surface area contributed by atoms with Crippen LogP contribution in [0.5, 0.6) is 5.75 Å². The summed E-state index contributed by atoms with van der Waals surface area (Å²) in [6.45, 7) is 5.11. The van der Waals surface area contributed by atoms with Crippen LogP contribution in [-0.4, -0.2) is 42.9 Å². The van der Waals surface area contributed by atoms with E-state index in [0.717, 1.165) is 31.2 Å². The Kier molecular flexibility index (Phi) is 8.50. The second-order valence-electron chi connectivity index (χ2n) is 8.26. The Bertz CT molecular complexity index is 718. The number of hydrogen-bond acceptors (Lipinski definition) is 7. The van der Waals surface area contributed by atoms with E-state index in [2.05, 4.69) is 5.32 Å². The van der Waals surface area contributed by atoms with E-state index in [0.29, 0.717) is 5.75 Å². The molecule has 1 N–H and O–H groups in total. The zero-order valence-electron chi connectivity index (χ0n) is 18.1. The van der Waals surface area contributed by atoms with Crippen molar-refractivity contribution >= 4 is 18.0 Å². The Labute approximate surface area is 177 Å². The highest BCUT2D eigenvalue weighted by Gasteiger charge is 2.30. The van der Waals surface area contributed by atoms with Crippen LogP contribution in [-0.2, 0) is 30.4 Å². The maximum absolute atomic E-state index is 12.6. The van der Waals surface area contributed by atoms with E-state index < -0.39 is 29.7 Å². The number of nitrogens with one attached hydrogen (secondary N) is 1. The van der Waals surface area contributed by atoms with Gasteiger partial charge in [-0.25, -0.2) is 9.59 Å². The molecule has 1 aliphatic carbocycles. The van der Waals surface area contributed by atoms with Gasteiger partial charge in [-0.1, -0.05) is 12.1 Å². The van der Waals surface area contributed by atoms with Crippen molar-refractivity contribution in [3.8, 4) is 5.75 Å². The smallest absolute Gasteiger partial charge is 0.408 e. The normalized spacial score (nSPS) is 15.2. The van der Waals surface area contributed by atoms with Gasteiger partial charge in [-0.15, -0.1) is 0 Å². The third-order valence-corrected chi connectivity index (χ3v) is 4.49. The van der Waals surface area contributed by atoms with Crippen molar-refractivity contribution in [3.05, 3.63) is 29.8 Å². The zero-order chi connectivity index (χ0) is 22.1. The standard InChI is InChI=1S/C22H31NO7/c1-22(2,3)30-21(26)23-18(13-19(24)29-17-7-5-6-8-17)20(25)28-14-15-9-11-16(27-4)12-10-15/h9-12,17-18H,5-8,13-14H2,1-4H3,(H,23,26)/t18-/m0/s1. The molecule has 1 aliphatic rings. The first-order chi connectivity index (χ1) is 14.2. The van der Waals surface area contributed by atoms with Crippen LogP contribution >= 0.6 is 0 Å². The van der Waals surface area contributed by atoms with Gasteiger partial charge in [0.15, 0.2) is 0 Å². The first-order valence-electron chi connectivity index (χ1n) is 10.1. The third kappa shape index (κ3) is 8.31. The number of carbonyl (C=O) groups excluding carboxylic acids is 3. The molecule has 1 amide bonds. The highest BCUT2D eigenvalue weighted by atomic mass is 16.6. The summed E-state index contributed by atoms with van der Waals surface area (Å²) in [4.78, 5) is 37.0. The average Bonchev–Trinajstić information content (AvgIpc) is 3.17. The monoisotopic (exact) mass is 421 g/mol. The topological polar surface area (TPSA) is 100 Å². The summed E-state index contributed by atoms with van der Waals surface area (Å²) in [5, 5.41) is 2.43. The summed E-state index contributed by atoms with van der Waals surface area (Å²) >= 11 is 0. The Morgan fingerprint density at radius 3 is 2.30 bits per heavy atom. The number of benzene rings is 1. The van der Waals surface area contributed by atoms with E-state index >= 15 is 0 Å². The summed E-state index contributed by atoms with van der Waals surface area (Å²) in [6.07, 6.45) is 2.41. The number of hydrogen-bond donors (Lipinski definition) is 1. The molecule has 0 spiro atoms. The lowest BCUT2D eigenvalue weighted by molar-refractivity contribution is -0.156. The lowest BCUT2D eigenvalue weighted by atomic mass is 10.2. The predicted molar refractivity (Wildman–Crippen MR) is 109 cm³/mol. The fourth-order valence-electron chi connectivity index (χ4n) is 3.03. The van der Waals surface area contributed by atoms with Gasteiger partial charge >= 0.3 is 18.0 Å². The van der Waals surface area contributed by atoms with Crippen LogP contribution in [0.25, 0.3) is 0 Å². The molecule has 1 atom stereocenters. The first-order valence-corrected chi connectivity index (χ1v) is 10.1. The van der Waals surface area contributed by atoms with E-state index in [1.165, 1.54) is 0 Å². The minimum absolute atomic E-state index is 0.00695. The number of ether oxygens (including phenoxy) is 4.